The van der Waals surface area contributed by atoms with E-state index in [9.17, 15) is 9.18 Å². The third kappa shape index (κ3) is 2.52. The Hall–Kier alpha value is -2.50. The van der Waals surface area contributed by atoms with Crippen LogP contribution in [0.25, 0.3) is 0 Å². The molecule has 1 amide bonds. The number of aromatic nitrogens is 2. The van der Waals surface area contributed by atoms with Crippen LogP contribution in [0.4, 0.5) is 4.39 Å². The minimum atomic E-state index is -0.244. The Morgan fingerprint density at radius 3 is 2.82 bits per heavy atom. The van der Waals surface area contributed by atoms with Crippen molar-refractivity contribution in [2.75, 3.05) is 13.7 Å². The van der Waals surface area contributed by atoms with Crippen molar-refractivity contribution in [1.29, 1.82) is 0 Å². The molecule has 114 valence electrons. The first kappa shape index (κ1) is 14.4. The van der Waals surface area contributed by atoms with Crippen molar-refractivity contribution >= 4 is 5.91 Å². The molecular formula is C16H16FN3O2. The topological polar surface area (TPSA) is 55.3 Å². The Balaban J connectivity index is 1.86. The number of hydrogen-bond acceptors (Lipinski definition) is 4. The van der Waals surface area contributed by atoms with Crippen LogP contribution in [0.15, 0.2) is 30.3 Å². The van der Waals surface area contributed by atoms with Crippen molar-refractivity contribution in [3.05, 3.63) is 53.0 Å². The summed E-state index contributed by atoms with van der Waals surface area (Å²) in [6.07, 6.45) is 0.632. The summed E-state index contributed by atoms with van der Waals surface area (Å²) in [5.41, 5.74) is 2.21. The summed E-state index contributed by atoms with van der Waals surface area (Å²) in [5, 5.41) is 7.73. The van der Waals surface area contributed by atoms with Gasteiger partial charge in [0, 0.05) is 12.6 Å². The van der Waals surface area contributed by atoms with Crippen LogP contribution in [0.3, 0.4) is 0 Å². The molecule has 0 spiro atoms. The summed E-state index contributed by atoms with van der Waals surface area (Å²) in [6, 6.07) is 7.80. The quantitative estimate of drug-likeness (QED) is 0.854. The smallest absolute Gasteiger partial charge is 0.274 e. The second kappa shape index (κ2) is 5.71. The van der Waals surface area contributed by atoms with Gasteiger partial charge < -0.3 is 9.64 Å². The van der Waals surface area contributed by atoms with Crippen LogP contribution < -0.4 is 4.74 Å². The highest BCUT2D eigenvalue weighted by molar-refractivity contribution is 5.92. The Bertz CT molecular complexity index is 703. The largest absolute Gasteiger partial charge is 0.480 e. The molecule has 2 heterocycles. The highest BCUT2D eigenvalue weighted by atomic mass is 19.1. The van der Waals surface area contributed by atoms with Crippen LogP contribution in [-0.2, 0) is 6.42 Å². The van der Waals surface area contributed by atoms with Gasteiger partial charge in [0.1, 0.15) is 5.82 Å². The third-order valence-corrected chi connectivity index (χ3v) is 3.97. The molecule has 0 radical (unpaired) electrons. The van der Waals surface area contributed by atoms with Crippen LogP contribution in [0.2, 0.25) is 0 Å². The molecule has 0 bridgehead atoms. The first-order valence-corrected chi connectivity index (χ1v) is 7.07. The van der Waals surface area contributed by atoms with Crippen molar-refractivity contribution in [3.8, 4) is 5.88 Å². The maximum atomic E-state index is 13.3. The molecule has 22 heavy (non-hydrogen) atoms. The predicted molar refractivity (Wildman–Crippen MR) is 78.1 cm³/mol. The van der Waals surface area contributed by atoms with E-state index in [0.717, 1.165) is 11.1 Å². The zero-order valence-corrected chi connectivity index (χ0v) is 12.4. The Labute approximate surface area is 127 Å². The molecule has 1 aromatic carbocycles. The monoisotopic (exact) mass is 301 g/mol. The van der Waals surface area contributed by atoms with Crippen molar-refractivity contribution in [2.45, 2.75) is 19.4 Å². The molecule has 3 rings (SSSR count). The van der Waals surface area contributed by atoms with E-state index >= 15 is 0 Å². The van der Waals surface area contributed by atoms with E-state index in [1.54, 1.807) is 29.2 Å². The summed E-state index contributed by atoms with van der Waals surface area (Å²) in [6.45, 7) is 2.47. The van der Waals surface area contributed by atoms with Crippen molar-refractivity contribution < 1.29 is 13.9 Å². The lowest BCUT2D eigenvalue weighted by atomic mass is 9.93. The van der Waals surface area contributed by atoms with Crippen molar-refractivity contribution in [2.24, 2.45) is 0 Å². The summed E-state index contributed by atoms with van der Waals surface area (Å²) >= 11 is 0. The van der Waals surface area contributed by atoms with Gasteiger partial charge in [0.15, 0.2) is 5.69 Å². The van der Waals surface area contributed by atoms with Gasteiger partial charge in [-0.3, -0.25) is 4.79 Å². The molecule has 5 nitrogen and oxygen atoms in total. The summed E-state index contributed by atoms with van der Waals surface area (Å²) in [7, 11) is 1.49. The third-order valence-electron chi connectivity index (χ3n) is 3.97. The maximum Gasteiger partial charge on any atom is 0.274 e. The summed E-state index contributed by atoms with van der Waals surface area (Å²) in [5.74, 6) is -0.0616. The molecule has 0 saturated carbocycles. The molecule has 0 unspecified atom stereocenters. The van der Waals surface area contributed by atoms with E-state index in [2.05, 4.69) is 10.2 Å². The fraction of sp³-hybridized carbons (Fsp3) is 0.312. The van der Waals surface area contributed by atoms with Gasteiger partial charge in [-0.25, -0.2) is 4.39 Å². The first-order chi connectivity index (χ1) is 10.6. The van der Waals surface area contributed by atoms with E-state index in [4.69, 9.17) is 4.74 Å². The van der Waals surface area contributed by atoms with E-state index in [1.807, 2.05) is 6.92 Å². The number of fused-ring (bicyclic) bond motifs is 1. The fourth-order valence-electron chi connectivity index (χ4n) is 2.77. The van der Waals surface area contributed by atoms with E-state index < -0.39 is 0 Å². The lowest BCUT2D eigenvalue weighted by Gasteiger charge is -2.35. The maximum absolute atomic E-state index is 13.3. The zero-order valence-electron chi connectivity index (χ0n) is 12.4. The Kier molecular flexibility index (Phi) is 3.75. The predicted octanol–water partition coefficient (Wildman–Crippen LogP) is 2.38. The molecule has 1 aromatic heterocycles. The first-order valence-electron chi connectivity index (χ1n) is 7.07. The number of amides is 1. The van der Waals surface area contributed by atoms with Crippen LogP contribution >= 0.6 is 0 Å². The molecule has 1 aliphatic heterocycles. The van der Waals surface area contributed by atoms with Gasteiger partial charge in [0.05, 0.1) is 13.2 Å². The molecule has 6 heteroatoms. The lowest BCUT2D eigenvalue weighted by molar-refractivity contribution is 0.0670. The van der Waals surface area contributed by atoms with E-state index in [0.29, 0.717) is 18.8 Å². The standard InChI is InChI=1S/C16H16FN3O2/c1-10-13-4-3-12(17)9-11(13)7-8-20(10)16(21)14-5-6-15(22-2)19-18-14/h3-6,9-10H,7-8H2,1-2H3/t10-/m0/s1. The van der Waals surface area contributed by atoms with Gasteiger partial charge >= 0.3 is 0 Å². The van der Waals surface area contributed by atoms with Crippen LogP contribution in [0.5, 0.6) is 5.88 Å². The molecule has 0 N–H and O–H groups in total. The molecular weight excluding hydrogens is 285 g/mol. The molecule has 0 saturated heterocycles. The van der Waals surface area contributed by atoms with Gasteiger partial charge in [0.25, 0.3) is 5.91 Å². The second-order valence-electron chi connectivity index (χ2n) is 5.23. The number of nitrogens with zero attached hydrogens (tertiary/aromatic N) is 3. The second-order valence-corrected chi connectivity index (χ2v) is 5.23. The van der Waals surface area contributed by atoms with Crippen molar-refractivity contribution in [1.82, 2.24) is 15.1 Å². The number of hydrogen-bond donors (Lipinski definition) is 0. The number of carbonyl (C=O) groups excluding carboxylic acids is 1. The number of benzene rings is 1. The minimum Gasteiger partial charge on any atom is -0.480 e. The lowest BCUT2D eigenvalue weighted by Crippen LogP contribution is -2.39. The SMILES string of the molecule is COc1ccc(C(=O)N2CCc3cc(F)ccc3[C@@H]2C)nn1. The van der Waals surface area contributed by atoms with Crippen LogP contribution in [0, 0.1) is 5.82 Å². The average Bonchev–Trinajstić information content (AvgIpc) is 2.54. The van der Waals surface area contributed by atoms with E-state index in [-0.39, 0.29) is 23.5 Å². The normalized spacial score (nSPS) is 17.0. The molecule has 0 fully saturated rings. The minimum absolute atomic E-state index is 0.124. The number of methoxy groups -OCH3 is 1. The van der Waals surface area contributed by atoms with Gasteiger partial charge in [-0.2, -0.15) is 0 Å². The van der Waals surface area contributed by atoms with Gasteiger partial charge in [0.2, 0.25) is 5.88 Å². The number of ether oxygens (including phenoxy) is 1. The highest BCUT2D eigenvalue weighted by Gasteiger charge is 2.29. The molecule has 1 aliphatic rings. The summed E-state index contributed by atoms with van der Waals surface area (Å²) < 4.78 is 18.2. The van der Waals surface area contributed by atoms with E-state index in [1.165, 1.54) is 13.2 Å². The molecule has 1 atom stereocenters. The van der Waals surface area contributed by atoms with Crippen LogP contribution in [0.1, 0.15) is 34.6 Å². The van der Waals surface area contributed by atoms with Gasteiger partial charge in [-0.15, -0.1) is 10.2 Å². The molecule has 2 aromatic rings. The van der Waals surface area contributed by atoms with Gasteiger partial charge in [-0.1, -0.05) is 6.07 Å². The Morgan fingerprint density at radius 2 is 2.14 bits per heavy atom. The molecule has 0 aliphatic carbocycles. The average molecular weight is 301 g/mol. The van der Waals surface area contributed by atoms with Crippen molar-refractivity contribution in [3.63, 3.8) is 0 Å². The summed E-state index contributed by atoms with van der Waals surface area (Å²) in [4.78, 5) is 14.3. The Morgan fingerprint density at radius 1 is 1.32 bits per heavy atom. The van der Waals surface area contributed by atoms with Gasteiger partial charge in [-0.05, 0) is 42.7 Å². The number of carbonyl (C=O) groups is 1. The number of rotatable bonds is 2. The zero-order chi connectivity index (χ0) is 15.7. The van der Waals surface area contributed by atoms with Crippen LogP contribution in [-0.4, -0.2) is 34.7 Å². The highest BCUT2D eigenvalue weighted by Crippen LogP contribution is 2.30. The fourth-order valence-corrected chi connectivity index (χ4v) is 2.77. The number of halogens is 1.